The Morgan fingerprint density at radius 3 is 2.62 bits per heavy atom. The Labute approximate surface area is 74.3 Å². The van der Waals surface area contributed by atoms with Crippen LogP contribution in [0.2, 0.25) is 0 Å². The van der Waals surface area contributed by atoms with Crippen LogP contribution in [0, 0.1) is 17.0 Å². The van der Waals surface area contributed by atoms with E-state index in [9.17, 15) is 14.9 Å². The van der Waals surface area contributed by atoms with Gasteiger partial charge >= 0.3 is 0 Å². The van der Waals surface area contributed by atoms with Gasteiger partial charge in [-0.1, -0.05) is 0 Å². The van der Waals surface area contributed by atoms with Crippen LogP contribution in [0.25, 0.3) is 0 Å². The van der Waals surface area contributed by atoms with E-state index in [0.717, 1.165) is 0 Å². The van der Waals surface area contributed by atoms with Gasteiger partial charge in [0.2, 0.25) is 0 Å². The number of nitro benzene ring substituents is 1. The second-order valence-corrected chi connectivity index (χ2v) is 2.64. The molecule has 68 valence electrons. The fourth-order valence-corrected chi connectivity index (χ4v) is 1.03. The second kappa shape index (κ2) is 3.22. The number of aryl methyl sites for hydroxylation is 1. The molecule has 1 aromatic rings. The summed E-state index contributed by atoms with van der Waals surface area (Å²) < 4.78 is 0. The van der Waals surface area contributed by atoms with Gasteiger partial charge in [-0.3, -0.25) is 14.9 Å². The number of benzene rings is 1. The molecule has 0 aliphatic heterocycles. The molecule has 0 bridgehead atoms. The van der Waals surface area contributed by atoms with Gasteiger partial charge < -0.3 is 5.73 Å². The zero-order valence-corrected chi connectivity index (χ0v) is 6.98. The number of carbonyl (C=O) groups is 1. The highest BCUT2D eigenvalue weighted by molar-refractivity contribution is 5.84. The number of hydrogen-bond donors (Lipinski definition) is 1. The van der Waals surface area contributed by atoms with Crippen molar-refractivity contribution in [2.45, 2.75) is 6.92 Å². The standard InChI is InChI=1S/C8H8N2O3/c1-5-2-6(4-11)7(9)3-8(5)10(12)13/h2-4H,9H2,1H3. The van der Waals surface area contributed by atoms with Crippen LogP contribution in [-0.2, 0) is 0 Å². The lowest BCUT2D eigenvalue weighted by Crippen LogP contribution is -1.98. The molecule has 0 saturated carbocycles. The van der Waals surface area contributed by atoms with Crippen molar-refractivity contribution in [3.63, 3.8) is 0 Å². The van der Waals surface area contributed by atoms with Gasteiger partial charge in [-0.25, -0.2) is 0 Å². The van der Waals surface area contributed by atoms with E-state index in [4.69, 9.17) is 5.73 Å². The first-order chi connectivity index (χ1) is 6.06. The molecule has 0 fully saturated rings. The predicted molar refractivity (Wildman–Crippen MR) is 47.6 cm³/mol. The number of rotatable bonds is 2. The first-order valence-corrected chi connectivity index (χ1v) is 3.56. The quantitative estimate of drug-likeness (QED) is 0.321. The minimum Gasteiger partial charge on any atom is -0.398 e. The molecule has 13 heavy (non-hydrogen) atoms. The molecule has 0 aliphatic carbocycles. The smallest absolute Gasteiger partial charge is 0.274 e. The van der Waals surface area contributed by atoms with E-state index in [1.807, 2.05) is 0 Å². The van der Waals surface area contributed by atoms with Gasteiger partial charge in [0.15, 0.2) is 6.29 Å². The molecule has 0 aromatic heterocycles. The minimum atomic E-state index is -0.528. The molecule has 5 heteroatoms. The highest BCUT2D eigenvalue weighted by atomic mass is 16.6. The first kappa shape index (κ1) is 9.18. The number of nitrogens with two attached hydrogens (primary N) is 1. The van der Waals surface area contributed by atoms with Gasteiger partial charge in [0.25, 0.3) is 5.69 Å². The van der Waals surface area contributed by atoms with Crippen molar-refractivity contribution in [3.05, 3.63) is 33.4 Å². The van der Waals surface area contributed by atoms with E-state index in [-0.39, 0.29) is 16.9 Å². The van der Waals surface area contributed by atoms with Gasteiger partial charge in [0.1, 0.15) is 0 Å². The predicted octanol–water partition coefficient (Wildman–Crippen LogP) is 1.30. The number of aldehydes is 1. The van der Waals surface area contributed by atoms with Crippen molar-refractivity contribution in [2.24, 2.45) is 0 Å². The maximum atomic E-state index is 10.4. The summed E-state index contributed by atoms with van der Waals surface area (Å²) in [4.78, 5) is 20.3. The Morgan fingerprint density at radius 1 is 1.54 bits per heavy atom. The number of anilines is 1. The van der Waals surface area contributed by atoms with E-state index in [1.54, 1.807) is 6.92 Å². The Balaban J connectivity index is 3.36. The zero-order chi connectivity index (χ0) is 10.0. The number of nitro groups is 1. The van der Waals surface area contributed by atoms with E-state index < -0.39 is 4.92 Å². The summed E-state index contributed by atoms with van der Waals surface area (Å²) in [6.07, 6.45) is 0.575. The lowest BCUT2D eigenvalue weighted by Gasteiger charge is -2.01. The fraction of sp³-hybridized carbons (Fsp3) is 0.125. The van der Waals surface area contributed by atoms with Gasteiger partial charge in [-0.15, -0.1) is 0 Å². The molecule has 0 amide bonds. The summed E-state index contributed by atoms with van der Waals surface area (Å²) in [7, 11) is 0. The van der Waals surface area contributed by atoms with Gasteiger partial charge in [-0.2, -0.15) is 0 Å². The lowest BCUT2D eigenvalue weighted by atomic mass is 10.1. The number of nitrogens with zero attached hydrogens (tertiary/aromatic N) is 1. The molecule has 2 N–H and O–H groups in total. The molecule has 1 aromatic carbocycles. The van der Waals surface area contributed by atoms with E-state index in [0.29, 0.717) is 11.8 Å². The Kier molecular flexibility index (Phi) is 2.27. The van der Waals surface area contributed by atoms with Crippen LogP contribution in [0.15, 0.2) is 12.1 Å². The van der Waals surface area contributed by atoms with Crippen molar-refractivity contribution in [1.29, 1.82) is 0 Å². The molecule has 1 rings (SSSR count). The van der Waals surface area contributed by atoms with Crippen LogP contribution in [-0.4, -0.2) is 11.2 Å². The van der Waals surface area contributed by atoms with Crippen molar-refractivity contribution in [3.8, 4) is 0 Å². The Hall–Kier alpha value is -1.91. The minimum absolute atomic E-state index is 0.0666. The highest BCUT2D eigenvalue weighted by Crippen LogP contribution is 2.23. The summed E-state index contributed by atoms with van der Waals surface area (Å²) in [6.45, 7) is 1.56. The summed E-state index contributed by atoms with van der Waals surface area (Å²) in [5, 5.41) is 10.4. The van der Waals surface area contributed by atoms with Crippen LogP contribution in [0.1, 0.15) is 15.9 Å². The summed E-state index contributed by atoms with van der Waals surface area (Å²) in [5.74, 6) is 0. The monoisotopic (exact) mass is 180 g/mol. The maximum absolute atomic E-state index is 10.4. The largest absolute Gasteiger partial charge is 0.398 e. The number of hydrogen-bond acceptors (Lipinski definition) is 4. The van der Waals surface area contributed by atoms with Crippen LogP contribution in [0.3, 0.4) is 0 Å². The molecular formula is C8H8N2O3. The van der Waals surface area contributed by atoms with Gasteiger partial charge in [0.05, 0.1) is 4.92 Å². The summed E-state index contributed by atoms with van der Waals surface area (Å²) >= 11 is 0. The Morgan fingerprint density at radius 2 is 2.15 bits per heavy atom. The molecular weight excluding hydrogens is 172 g/mol. The molecule has 0 atom stereocenters. The van der Waals surface area contributed by atoms with Crippen molar-refractivity contribution in [1.82, 2.24) is 0 Å². The number of nitrogen functional groups attached to an aromatic ring is 1. The van der Waals surface area contributed by atoms with Gasteiger partial charge in [-0.05, 0) is 13.0 Å². The molecule has 0 heterocycles. The maximum Gasteiger partial charge on any atom is 0.274 e. The van der Waals surface area contributed by atoms with Crippen LogP contribution < -0.4 is 5.73 Å². The van der Waals surface area contributed by atoms with Crippen molar-refractivity contribution >= 4 is 17.7 Å². The molecule has 0 saturated heterocycles. The zero-order valence-electron chi connectivity index (χ0n) is 6.98. The SMILES string of the molecule is Cc1cc(C=O)c(N)cc1[N+](=O)[O-]. The molecule has 0 unspecified atom stereocenters. The van der Waals surface area contributed by atoms with Crippen LogP contribution >= 0.6 is 0 Å². The second-order valence-electron chi connectivity index (χ2n) is 2.64. The van der Waals surface area contributed by atoms with Crippen molar-refractivity contribution < 1.29 is 9.72 Å². The van der Waals surface area contributed by atoms with Crippen LogP contribution in [0.5, 0.6) is 0 Å². The third kappa shape index (κ3) is 1.64. The topological polar surface area (TPSA) is 86.2 Å². The average Bonchev–Trinajstić information content (AvgIpc) is 2.07. The first-order valence-electron chi connectivity index (χ1n) is 3.56. The van der Waals surface area contributed by atoms with E-state index in [2.05, 4.69) is 0 Å². The normalized spacial score (nSPS) is 9.62. The third-order valence-electron chi connectivity index (χ3n) is 1.73. The highest BCUT2D eigenvalue weighted by Gasteiger charge is 2.12. The molecule has 0 radical (unpaired) electrons. The fourth-order valence-electron chi connectivity index (χ4n) is 1.03. The summed E-state index contributed by atoms with van der Waals surface area (Å²) in [6, 6.07) is 2.60. The molecule has 0 spiro atoms. The van der Waals surface area contributed by atoms with Crippen LogP contribution in [0.4, 0.5) is 11.4 Å². The number of carbonyl (C=O) groups excluding carboxylic acids is 1. The Bertz CT molecular complexity index is 374. The molecule has 5 nitrogen and oxygen atoms in total. The van der Waals surface area contributed by atoms with Gasteiger partial charge in [0, 0.05) is 22.9 Å². The van der Waals surface area contributed by atoms with E-state index >= 15 is 0 Å². The summed E-state index contributed by atoms with van der Waals surface area (Å²) in [5.41, 5.74) is 6.18. The van der Waals surface area contributed by atoms with E-state index in [1.165, 1.54) is 12.1 Å². The third-order valence-corrected chi connectivity index (χ3v) is 1.73. The van der Waals surface area contributed by atoms with Crippen molar-refractivity contribution in [2.75, 3.05) is 5.73 Å². The average molecular weight is 180 g/mol. The molecule has 0 aliphatic rings. The lowest BCUT2D eigenvalue weighted by molar-refractivity contribution is -0.385.